The van der Waals surface area contributed by atoms with Crippen molar-refractivity contribution in [1.82, 2.24) is 14.5 Å². The molecule has 4 rings (SSSR count). The van der Waals surface area contributed by atoms with Crippen LogP contribution in [0.3, 0.4) is 0 Å². The molecule has 1 fully saturated rings. The smallest absolute Gasteiger partial charge is 0.409 e. The summed E-state index contributed by atoms with van der Waals surface area (Å²) in [7, 11) is 1.41. The van der Waals surface area contributed by atoms with E-state index in [4.69, 9.17) is 9.72 Å². The molecule has 1 aliphatic heterocycles. The van der Waals surface area contributed by atoms with Crippen molar-refractivity contribution in [3.8, 4) is 0 Å². The molecule has 1 amide bonds. The third-order valence-electron chi connectivity index (χ3n) is 5.56. The number of rotatable bonds is 4. The number of imidazole rings is 1. The van der Waals surface area contributed by atoms with Crippen LogP contribution in [0.15, 0.2) is 48.5 Å². The van der Waals surface area contributed by atoms with E-state index in [1.54, 1.807) is 17.0 Å². The first-order chi connectivity index (χ1) is 14.0. The van der Waals surface area contributed by atoms with Crippen LogP contribution in [0.25, 0.3) is 11.0 Å². The first-order valence-corrected chi connectivity index (χ1v) is 9.84. The number of hydrogen-bond acceptors (Lipinski definition) is 4. The highest BCUT2D eigenvalue weighted by Crippen LogP contribution is 2.26. The highest BCUT2D eigenvalue weighted by atomic mass is 19.1. The normalized spacial score (nSPS) is 19.3. The maximum Gasteiger partial charge on any atom is 0.409 e. The number of amides is 1. The number of piperidine rings is 1. The zero-order valence-corrected chi connectivity index (χ0v) is 16.6. The number of ether oxygens (including phenoxy) is 1. The number of fused-ring (bicyclic) bond motifs is 1. The van der Waals surface area contributed by atoms with Gasteiger partial charge in [0, 0.05) is 19.1 Å². The third kappa shape index (κ3) is 4.04. The van der Waals surface area contributed by atoms with Gasteiger partial charge in [-0.25, -0.2) is 14.2 Å². The fourth-order valence-electron chi connectivity index (χ4n) is 3.94. The Balaban J connectivity index is 1.59. The third-order valence-corrected chi connectivity index (χ3v) is 5.56. The zero-order valence-electron chi connectivity index (χ0n) is 16.6. The standard InChI is InChI=1S/C22H25FN4O2/c1-15-13-26(22(28)29-2)12-11-18(15)24-21-25-19-5-3-4-6-20(19)27(21)14-16-7-9-17(23)10-8-16/h3-10,15,18H,11-14H2,1-2H3,(H,24,25). The van der Waals surface area contributed by atoms with Crippen LogP contribution in [0.2, 0.25) is 0 Å². The van der Waals surface area contributed by atoms with Gasteiger partial charge in [0.25, 0.3) is 0 Å². The molecule has 0 bridgehead atoms. The SMILES string of the molecule is COC(=O)N1CCC(Nc2nc3ccccc3n2Cc2ccc(F)cc2)C(C)C1. The van der Waals surface area contributed by atoms with E-state index in [9.17, 15) is 9.18 Å². The molecule has 3 aromatic rings. The van der Waals surface area contributed by atoms with E-state index in [1.165, 1.54) is 19.2 Å². The Bertz CT molecular complexity index is 1000. The minimum Gasteiger partial charge on any atom is -0.453 e. The summed E-state index contributed by atoms with van der Waals surface area (Å²) < 4.78 is 20.3. The molecule has 0 radical (unpaired) electrons. The maximum absolute atomic E-state index is 13.3. The number of para-hydroxylation sites is 2. The summed E-state index contributed by atoms with van der Waals surface area (Å²) in [6, 6.07) is 14.7. The summed E-state index contributed by atoms with van der Waals surface area (Å²) in [6.07, 6.45) is 0.537. The molecule has 2 unspecified atom stereocenters. The van der Waals surface area contributed by atoms with Gasteiger partial charge in [0.05, 0.1) is 24.7 Å². The van der Waals surface area contributed by atoms with Crippen LogP contribution >= 0.6 is 0 Å². The predicted octanol–water partition coefficient (Wildman–Crippen LogP) is 4.11. The van der Waals surface area contributed by atoms with E-state index in [-0.39, 0.29) is 23.9 Å². The number of carbonyl (C=O) groups excluding carboxylic acids is 1. The Kier molecular flexibility index (Phi) is 5.38. The number of anilines is 1. The summed E-state index contributed by atoms with van der Waals surface area (Å²) in [5.41, 5.74) is 2.95. The Morgan fingerprint density at radius 2 is 2.00 bits per heavy atom. The molecule has 0 aliphatic carbocycles. The van der Waals surface area contributed by atoms with Crippen LogP contribution < -0.4 is 5.32 Å². The Hall–Kier alpha value is -3.09. The van der Waals surface area contributed by atoms with Gasteiger partial charge in [-0.2, -0.15) is 0 Å². The molecule has 152 valence electrons. The number of carbonyl (C=O) groups is 1. The summed E-state index contributed by atoms with van der Waals surface area (Å²) in [4.78, 5) is 18.4. The number of methoxy groups -OCH3 is 1. The fraction of sp³-hybridized carbons (Fsp3) is 0.364. The van der Waals surface area contributed by atoms with E-state index >= 15 is 0 Å². The van der Waals surface area contributed by atoms with Gasteiger partial charge in [0.15, 0.2) is 0 Å². The number of nitrogens with one attached hydrogen (secondary N) is 1. The van der Waals surface area contributed by atoms with E-state index in [2.05, 4.69) is 16.8 Å². The van der Waals surface area contributed by atoms with Gasteiger partial charge >= 0.3 is 6.09 Å². The Morgan fingerprint density at radius 3 is 2.72 bits per heavy atom. The Morgan fingerprint density at radius 1 is 1.24 bits per heavy atom. The average Bonchev–Trinajstić information content (AvgIpc) is 3.07. The minimum atomic E-state index is -0.279. The van der Waals surface area contributed by atoms with Crippen molar-refractivity contribution in [3.05, 3.63) is 59.9 Å². The molecule has 0 spiro atoms. The second-order valence-corrected chi connectivity index (χ2v) is 7.57. The average molecular weight is 396 g/mol. The van der Waals surface area contributed by atoms with Crippen molar-refractivity contribution in [2.75, 3.05) is 25.5 Å². The number of likely N-dealkylation sites (tertiary alicyclic amines) is 1. The van der Waals surface area contributed by atoms with Crippen molar-refractivity contribution in [3.63, 3.8) is 0 Å². The molecular weight excluding hydrogens is 371 g/mol. The number of hydrogen-bond donors (Lipinski definition) is 1. The van der Waals surface area contributed by atoms with Crippen LogP contribution in [0, 0.1) is 11.7 Å². The monoisotopic (exact) mass is 396 g/mol. The lowest BCUT2D eigenvalue weighted by atomic mass is 9.94. The fourth-order valence-corrected chi connectivity index (χ4v) is 3.94. The summed E-state index contributed by atoms with van der Waals surface area (Å²) in [6.45, 7) is 4.01. The lowest BCUT2D eigenvalue weighted by molar-refractivity contribution is 0.101. The molecule has 1 aromatic heterocycles. The molecule has 7 heteroatoms. The first-order valence-electron chi connectivity index (χ1n) is 9.84. The van der Waals surface area contributed by atoms with Crippen molar-refractivity contribution in [1.29, 1.82) is 0 Å². The number of benzene rings is 2. The van der Waals surface area contributed by atoms with Crippen molar-refractivity contribution >= 4 is 23.1 Å². The molecule has 0 saturated carbocycles. The molecule has 2 heterocycles. The number of aromatic nitrogens is 2. The van der Waals surface area contributed by atoms with Crippen LogP contribution in [0.5, 0.6) is 0 Å². The molecule has 1 N–H and O–H groups in total. The van der Waals surface area contributed by atoms with Crippen LogP contribution in [-0.4, -0.2) is 46.8 Å². The lowest BCUT2D eigenvalue weighted by Crippen LogP contribution is -2.47. The van der Waals surface area contributed by atoms with E-state index in [0.29, 0.717) is 19.6 Å². The zero-order chi connectivity index (χ0) is 20.4. The van der Waals surface area contributed by atoms with E-state index < -0.39 is 0 Å². The molecule has 2 atom stereocenters. The van der Waals surface area contributed by atoms with Crippen molar-refractivity contribution in [2.45, 2.75) is 25.9 Å². The van der Waals surface area contributed by atoms with Gasteiger partial charge in [-0.3, -0.25) is 0 Å². The van der Waals surface area contributed by atoms with Crippen LogP contribution in [0.4, 0.5) is 15.1 Å². The van der Waals surface area contributed by atoms with Gasteiger partial charge in [-0.1, -0.05) is 31.2 Å². The summed E-state index contributed by atoms with van der Waals surface area (Å²) in [5, 5.41) is 3.60. The second kappa shape index (κ2) is 8.11. The maximum atomic E-state index is 13.3. The molecule has 6 nitrogen and oxygen atoms in total. The van der Waals surface area contributed by atoms with E-state index in [1.807, 2.05) is 24.3 Å². The minimum absolute atomic E-state index is 0.194. The highest BCUT2D eigenvalue weighted by molar-refractivity contribution is 5.78. The van der Waals surface area contributed by atoms with Crippen LogP contribution in [0.1, 0.15) is 18.9 Å². The number of halogens is 1. The van der Waals surface area contributed by atoms with Gasteiger partial charge in [0.2, 0.25) is 5.95 Å². The van der Waals surface area contributed by atoms with E-state index in [0.717, 1.165) is 29.0 Å². The lowest BCUT2D eigenvalue weighted by Gasteiger charge is -2.36. The molecule has 2 aromatic carbocycles. The Labute approximate surface area is 169 Å². The molecular formula is C22H25FN4O2. The predicted molar refractivity (Wildman–Crippen MR) is 110 cm³/mol. The second-order valence-electron chi connectivity index (χ2n) is 7.57. The summed E-state index contributed by atoms with van der Waals surface area (Å²) >= 11 is 0. The molecule has 1 aliphatic rings. The number of nitrogens with zero attached hydrogens (tertiary/aromatic N) is 3. The highest BCUT2D eigenvalue weighted by Gasteiger charge is 2.30. The summed E-state index contributed by atoms with van der Waals surface area (Å²) in [5.74, 6) is 0.801. The molecule has 1 saturated heterocycles. The van der Waals surface area contributed by atoms with Crippen molar-refractivity contribution < 1.29 is 13.9 Å². The van der Waals surface area contributed by atoms with Gasteiger partial charge < -0.3 is 19.5 Å². The first kappa shape index (κ1) is 19.2. The largest absolute Gasteiger partial charge is 0.453 e. The quantitative estimate of drug-likeness (QED) is 0.721. The van der Waals surface area contributed by atoms with Gasteiger partial charge in [0.1, 0.15) is 5.82 Å². The van der Waals surface area contributed by atoms with Gasteiger partial charge in [-0.05, 0) is 42.2 Å². The van der Waals surface area contributed by atoms with Crippen LogP contribution in [-0.2, 0) is 11.3 Å². The molecule has 29 heavy (non-hydrogen) atoms. The topological polar surface area (TPSA) is 59.4 Å². The van der Waals surface area contributed by atoms with Gasteiger partial charge in [-0.15, -0.1) is 0 Å². The van der Waals surface area contributed by atoms with Crippen molar-refractivity contribution in [2.24, 2.45) is 5.92 Å².